The average Bonchev–Trinajstić information content (AvgIpc) is 2.46. The summed E-state index contributed by atoms with van der Waals surface area (Å²) in [6.45, 7) is 0. The van der Waals surface area contributed by atoms with E-state index >= 15 is 0 Å². The van der Waals surface area contributed by atoms with Crippen LogP contribution >= 0.6 is 0 Å². The first kappa shape index (κ1) is 14.3. The number of carbonyl (C=O) groups is 1. The van der Waals surface area contributed by atoms with E-state index in [0.717, 1.165) is 0 Å². The summed E-state index contributed by atoms with van der Waals surface area (Å²) >= 11 is 0. The van der Waals surface area contributed by atoms with Crippen LogP contribution in [0.3, 0.4) is 0 Å². The number of aromatic amines is 2. The van der Waals surface area contributed by atoms with Crippen LogP contribution in [0.2, 0.25) is 0 Å². The van der Waals surface area contributed by atoms with Gasteiger partial charge in [-0.3, -0.25) is 19.6 Å². The van der Waals surface area contributed by atoms with E-state index in [1.54, 1.807) is 18.2 Å². The van der Waals surface area contributed by atoms with Crippen molar-refractivity contribution >= 4 is 11.6 Å². The van der Waals surface area contributed by atoms with Gasteiger partial charge < -0.3 is 10.2 Å². The molecular weight excluding hydrogens is 280 g/mol. The minimum atomic E-state index is -1.54. The van der Waals surface area contributed by atoms with Gasteiger partial charge in [-0.2, -0.15) is 0 Å². The van der Waals surface area contributed by atoms with Crippen molar-refractivity contribution in [1.82, 2.24) is 9.97 Å². The Bertz CT molecular complexity index is 793. The third-order valence-corrected chi connectivity index (χ3v) is 2.50. The molecule has 108 valence electrons. The summed E-state index contributed by atoms with van der Waals surface area (Å²) in [7, 11) is 0. The first-order valence-corrected chi connectivity index (χ1v) is 5.73. The van der Waals surface area contributed by atoms with Crippen molar-refractivity contribution < 1.29 is 15.0 Å². The van der Waals surface area contributed by atoms with Crippen LogP contribution in [0.25, 0.3) is 0 Å². The summed E-state index contributed by atoms with van der Waals surface area (Å²) in [5.74, 6) is -1.85. The molecule has 1 atom stereocenters. The zero-order chi connectivity index (χ0) is 15.4. The molecule has 1 aromatic heterocycles. The molecule has 1 aromatic carbocycles. The van der Waals surface area contributed by atoms with Crippen LogP contribution in [0.1, 0.15) is 11.7 Å². The van der Waals surface area contributed by atoms with Gasteiger partial charge in [-0.05, 0) is 5.56 Å². The number of carbonyl (C=O) groups excluding carboxylic acids is 1. The molecule has 0 saturated carbocycles. The van der Waals surface area contributed by atoms with Crippen LogP contribution in [0.5, 0.6) is 5.88 Å². The van der Waals surface area contributed by atoms with Gasteiger partial charge in [0.2, 0.25) is 11.6 Å². The van der Waals surface area contributed by atoms with Gasteiger partial charge in [0, 0.05) is 0 Å². The fourth-order valence-corrected chi connectivity index (χ4v) is 1.49. The summed E-state index contributed by atoms with van der Waals surface area (Å²) in [6.07, 6.45) is -1.54. The molecule has 0 aliphatic heterocycles. The van der Waals surface area contributed by atoms with Crippen LogP contribution in [-0.2, 0) is 4.79 Å². The largest absolute Gasteiger partial charge is 0.493 e. The Labute approximate surface area is 116 Å². The van der Waals surface area contributed by atoms with Gasteiger partial charge in [0.15, 0.2) is 6.10 Å². The molecule has 0 unspecified atom stereocenters. The minimum absolute atomic E-state index is 0.307. The highest BCUT2D eigenvalue weighted by Gasteiger charge is 2.17. The molecule has 1 heterocycles. The summed E-state index contributed by atoms with van der Waals surface area (Å²) in [6, 6.07) is 7.99. The van der Waals surface area contributed by atoms with Gasteiger partial charge in [0.1, 0.15) is 0 Å². The fraction of sp³-hybridized carbons (Fsp3) is 0.0833. The molecule has 0 aliphatic rings. The Kier molecular flexibility index (Phi) is 4.05. The minimum Gasteiger partial charge on any atom is -0.493 e. The standard InChI is InChI=1S/C12H10N4O5/c17-8(6-4-2-1-3-5-6)11(20)16-15-7-9(18)13-12(21)14-10(7)19/h1-5,8,17H,(H3,13,14,18,19,21)/t8-/m1/s1. The molecule has 9 heteroatoms. The number of aromatic hydroxyl groups is 1. The molecule has 4 N–H and O–H groups in total. The van der Waals surface area contributed by atoms with Crippen molar-refractivity contribution in [3.8, 4) is 5.88 Å². The van der Waals surface area contributed by atoms with Crippen LogP contribution in [0.15, 0.2) is 50.1 Å². The highest BCUT2D eigenvalue weighted by atomic mass is 16.3. The molecule has 0 radical (unpaired) electrons. The van der Waals surface area contributed by atoms with E-state index in [1.807, 2.05) is 9.97 Å². The van der Waals surface area contributed by atoms with Crippen molar-refractivity contribution in [1.29, 1.82) is 0 Å². The number of nitrogens with zero attached hydrogens (tertiary/aromatic N) is 2. The predicted octanol–water partition coefficient (Wildman–Crippen LogP) is 0.113. The Morgan fingerprint density at radius 2 is 1.81 bits per heavy atom. The monoisotopic (exact) mass is 290 g/mol. The molecule has 0 fully saturated rings. The molecule has 2 rings (SSSR count). The van der Waals surface area contributed by atoms with Crippen molar-refractivity contribution in [3.05, 3.63) is 56.7 Å². The number of aromatic nitrogens is 2. The van der Waals surface area contributed by atoms with Crippen LogP contribution in [-0.4, -0.2) is 26.1 Å². The van der Waals surface area contributed by atoms with Crippen molar-refractivity contribution in [2.75, 3.05) is 0 Å². The Balaban J connectivity index is 2.24. The molecular formula is C12H10N4O5. The molecule has 9 nitrogen and oxygen atoms in total. The number of rotatable bonds is 3. The first-order valence-electron chi connectivity index (χ1n) is 5.73. The highest BCUT2D eigenvalue weighted by Crippen LogP contribution is 2.18. The molecule has 1 amide bonds. The maximum absolute atomic E-state index is 11.6. The Morgan fingerprint density at radius 1 is 1.14 bits per heavy atom. The number of hydrogen-bond acceptors (Lipinski definition) is 6. The number of azo groups is 1. The van der Waals surface area contributed by atoms with Crippen LogP contribution in [0.4, 0.5) is 5.69 Å². The summed E-state index contributed by atoms with van der Waals surface area (Å²) in [5.41, 5.74) is -2.27. The van der Waals surface area contributed by atoms with E-state index in [4.69, 9.17) is 0 Å². The summed E-state index contributed by atoms with van der Waals surface area (Å²) < 4.78 is 0. The van der Waals surface area contributed by atoms with Gasteiger partial charge in [0.25, 0.3) is 11.5 Å². The van der Waals surface area contributed by atoms with E-state index in [0.29, 0.717) is 5.56 Å². The number of hydrogen-bond donors (Lipinski definition) is 4. The normalized spacial score (nSPS) is 12.4. The first-order chi connectivity index (χ1) is 9.99. The second-order valence-corrected chi connectivity index (χ2v) is 3.96. The lowest BCUT2D eigenvalue weighted by atomic mass is 10.1. The van der Waals surface area contributed by atoms with Crippen LogP contribution in [0, 0.1) is 0 Å². The second-order valence-electron chi connectivity index (χ2n) is 3.96. The Hall–Kier alpha value is -3.07. The van der Waals surface area contributed by atoms with Crippen molar-refractivity contribution in [3.63, 3.8) is 0 Å². The lowest BCUT2D eigenvalue weighted by Crippen LogP contribution is -2.21. The summed E-state index contributed by atoms with van der Waals surface area (Å²) in [4.78, 5) is 37.5. The topological polar surface area (TPSA) is 148 Å². The lowest BCUT2D eigenvalue weighted by molar-refractivity contribution is -0.126. The fourth-order valence-electron chi connectivity index (χ4n) is 1.49. The lowest BCUT2D eigenvalue weighted by Gasteiger charge is -2.04. The molecule has 21 heavy (non-hydrogen) atoms. The quantitative estimate of drug-likeness (QED) is 0.592. The SMILES string of the molecule is O=C(N=Nc1c(O)[nH]c(=O)[nH]c1=O)[C@H](O)c1ccccc1. The van der Waals surface area contributed by atoms with E-state index in [9.17, 15) is 24.6 Å². The molecule has 2 aromatic rings. The maximum atomic E-state index is 11.6. The van der Waals surface area contributed by atoms with Crippen molar-refractivity contribution in [2.24, 2.45) is 10.2 Å². The van der Waals surface area contributed by atoms with Crippen molar-refractivity contribution in [2.45, 2.75) is 6.10 Å². The van der Waals surface area contributed by atoms with E-state index in [1.165, 1.54) is 12.1 Å². The van der Waals surface area contributed by atoms with Gasteiger partial charge in [0.05, 0.1) is 0 Å². The smallest absolute Gasteiger partial charge is 0.328 e. The number of amides is 1. The average molecular weight is 290 g/mol. The zero-order valence-corrected chi connectivity index (χ0v) is 10.5. The third kappa shape index (κ3) is 3.28. The van der Waals surface area contributed by atoms with Gasteiger partial charge in [-0.25, -0.2) is 4.79 Å². The highest BCUT2D eigenvalue weighted by molar-refractivity contribution is 5.82. The van der Waals surface area contributed by atoms with Crippen LogP contribution < -0.4 is 11.2 Å². The molecule has 0 aliphatic carbocycles. The number of H-pyrrole nitrogens is 2. The van der Waals surface area contributed by atoms with E-state index in [-0.39, 0.29) is 0 Å². The Morgan fingerprint density at radius 3 is 2.43 bits per heavy atom. The van der Waals surface area contributed by atoms with Gasteiger partial charge in [-0.1, -0.05) is 30.3 Å². The number of nitrogens with one attached hydrogen (secondary N) is 2. The molecule has 0 bridgehead atoms. The van der Waals surface area contributed by atoms with E-state index in [2.05, 4.69) is 10.2 Å². The van der Waals surface area contributed by atoms with Gasteiger partial charge in [-0.15, -0.1) is 10.2 Å². The number of aliphatic hydroxyl groups is 1. The van der Waals surface area contributed by atoms with Gasteiger partial charge >= 0.3 is 5.69 Å². The number of benzene rings is 1. The molecule has 0 spiro atoms. The second kappa shape index (κ2) is 5.92. The summed E-state index contributed by atoms with van der Waals surface area (Å²) in [5, 5.41) is 25.5. The third-order valence-electron chi connectivity index (χ3n) is 2.50. The van der Waals surface area contributed by atoms with E-state index < -0.39 is 34.8 Å². The zero-order valence-electron chi connectivity index (χ0n) is 10.5. The molecule has 0 saturated heterocycles. The maximum Gasteiger partial charge on any atom is 0.328 e. The predicted molar refractivity (Wildman–Crippen MR) is 70.3 cm³/mol. The number of aliphatic hydroxyl groups excluding tert-OH is 1.